The van der Waals surface area contributed by atoms with Gasteiger partial charge in [-0.05, 0) is 57.7 Å². The summed E-state index contributed by atoms with van der Waals surface area (Å²) in [6.07, 6.45) is 0. The Morgan fingerprint density at radius 1 is 1.14 bits per heavy atom. The highest BCUT2D eigenvalue weighted by Gasteiger charge is 2.10. The SMILES string of the molecule is CN(Cc1ccc2c(c1)n(C)c(=O)n2C)Cc1ccsc1Br. The van der Waals surface area contributed by atoms with Crippen LogP contribution in [0, 0.1) is 0 Å². The van der Waals surface area contributed by atoms with E-state index in [9.17, 15) is 4.79 Å². The van der Waals surface area contributed by atoms with E-state index in [1.807, 2.05) is 20.2 Å². The van der Waals surface area contributed by atoms with Crippen molar-refractivity contribution in [3.63, 3.8) is 0 Å². The Morgan fingerprint density at radius 3 is 2.55 bits per heavy atom. The number of aryl methyl sites for hydroxylation is 2. The van der Waals surface area contributed by atoms with E-state index in [1.165, 1.54) is 14.9 Å². The van der Waals surface area contributed by atoms with E-state index in [2.05, 4.69) is 51.5 Å². The van der Waals surface area contributed by atoms with Crippen LogP contribution >= 0.6 is 27.3 Å². The summed E-state index contributed by atoms with van der Waals surface area (Å²) in [5, 5.41) is 2.10. The standard InChI is InChI=1S/C16H18BrN3OS/c1-18(10-12-6-7-22-15(12)17)9-11-4-5-13-14(8-11)20(3)16(21)19(13)2/h4-8H,9-10H2,1-3H3. The van der Waals surface area contributed by atoms with E-state index in [-0.39, 0.29) is 5.69 Å². The van der Waals surface area contributed by atoms with Gasteiger partial charge in [-0.15, -0.1) is 11.3 Å². The summed E-state index contributed by atoms with van der Waals surface area (Å²) < 4.78 is 4.58. The van der Waals surface area contributed by atoms with Crippen LogP contribution in [-0.2, 0) is 27.2 Å². The van der Waals surface area contributed by atoms with E-state index >= 15 is 0 Å². The molecular weight excluding hydrogens is 362 g/mol. The first-order valence-electron chi connectivity index (χ1n) is 7.02. The molecule has 0 atom stereocenters. The summed E-state index contributed by atoms with van der Waals surface area (Å²) in [6.45, 7) is 1.75. The quantitative estimate of drug-likeness (QED) is 0.695. The van der Waals surface area contributed by atoms with Crippen LogP contribution in [-0.4, -0.2) is 21.1 Å². The molecule has 6 heteroatoms. The van der Waals surface area contributed by atoms with Crippen LogP contribution in [0.4, 0.5) is 0 Å². The van der Waals surface area contributed by atoms with E-state index in [0.29, 0.717) is 0 Å². The molecule has 0 aliphatic carbocycles. The van der Waals surface area contributed by atoms with Crippen LogP contribution < -0.4 is 5.69 Å². The number of fused-ring (bicyclic) bond motifs is 1. The van der Waals surface area contributed by atoms with Gasteiger partial charge in [0, 0.05) is 27.2 Å². The summed E-state index contributed by atoms with van der Waals surface area (Å²) in [5.41, 5.74) is 4.49. The number of hydrogen-bond donors (Lipinski definition) is 0. The highest BCUT2D eigenvalue weighted by Crippen LogP contribution is 2.25. The minimum absolute atomic E-state index is 0.0164. The molecule has 0 radical (unpaired) electrons. The van der Waals surface area contributed by atoms with Crippen molar-refractivity contribution in [1.29, 1.82) is 0 Å². The lowest BCUT2D eigenvalue weighted by atomic mass is 10.2. The van der Waals surface area contributed by atoms with Crippen molar-refractivity contribution in [1.82, 2.24) is 14.0 Å². The van der Waals surface area contributed by atoms with Crippen molar-refractivity contribution < 1.29 is 0 Å². The number of benzene rings is 1. The molecule has 0 bridgehead atoms. The molecule has 2 aromatic heterocycles. The molecule has 3 rings (SSSR count). The van der Waals surface area contributed by atoms with Gasteiger partial charge in [0.25, 0.3) is 0 Å². The topological polar surface area (TPSA) is 30.2 Å². The highest BCUT2D eigenvalue weighted by molar-refractivity contribution is 9.11. The fourth-order valence-corrected chi connectivity index (χ4v) is 3.96. The van der Waals surface area contributed by atoms with Crippen LogP contribution in [0.25, 0.3) is 11.0 Å². The van der Waals surface area contributed by atoms with Gasteiger partial charge in [0.1, 0.15) is 0 Å². The first kappa shape index (κ1) is 15.5. The molecule has 0 amide bonds. The zero-order valence-corrected chi connectivity index (χ0v) is 15.2. The lowest BCUT2D eigenvalue weighted by Gasteiger charge is -2.16. The smallest absolute Gasteiger partial charge is 0.298 e. The molecule has 0 fully saturated rings. The fourth-order valence-electron chi connectivity index (χ4n) is 2.74. The van der Waals surface area contributed by atoms with Crippen molar-refractivity contribution in [2.75, 3.05) is 7.05 Å². The van der Waals surface area contributed by atoms with Crippen LogP contribution in [0.3, 0.4) is 0 Å². The Morgan fingerprint density at radius 2 is 1.86 bits per heavy atom. The van der Waals surface area contributed by atoms with Crippen molar-refractivity contribution in [3.05, 3.63) is 55.0 Å². The van der Waals surface area contributed by atoms with Crippen LogP contribution in [0.2, 0.25) is 0 Å². The predicted molar refractivity (Wildman–Crippen MR) is 95.4 cm³/mol. The third-order valence-electron chi connectivity index (χ3n) is 3.92. The second-order valence-corrected chi connectivity index (χ2v) is 7.85. The number of halogens is 1. The summed E-state index contributed by atoms with van der Waals surface area (Å²) in [5.74, 6) is 0. The third-order valence-corrected chi connectivity index (χ3v) is 5.73. The normalized spacial score (nSPS) is 11.7. The maximum atomic E-state index is 12.0. The molecule has 2 heterocycles. The Hall–Kier alpha value is -1.37. The van der Waals surface area contributed by atoms with Crippen molar-refractivity contribution in [2.45, 2.75) is 13.1 Å². The van der Waals surface area contributed by atoms with Crippen LogP contribution in [0.1, 0.15) is 11.1 Å². The summed E-state index contributed by atoms with van der Waals surface area (Å²) in [7, 11) is 5.74. The fraction of sp³-hybridized carbons (Fsp3) is 0.312. The Kier molecular flexibility index (Phi) is 4.25. The maximum Gasteiger partial charge on any atom is 0.328 e. The summed E-state index contributed by atoms with van der Waals surface area (Å²) in [4.78, 5) is 14.3. The molecule has 1 aromatic carbocycles. The first-order chi connectivity index (χ1) is 10.5. The van der Waals surface area contributed by atoms with E-state index in [4.69, 9.17) is 0 Å². The average molecular weight is 380 g/mol. The largest absolute Gasteiger partial charge is 0.328 e. The second kappa shape index (κ2) is 6.02. The van der Waals surface area contributed by atoms with E-state index in [1.54, 1.807) is 20.5 Å². The van der Waals surface area contributed by atoms with Gasteiger partial charge in [-0.3, -0.25) is 14.0 Å². The number of imidazole rings is 1. The van der Waals surface area contributed by atoms with Gasteiger partial charge in [-0.2, -0.15) is 0 Å². The number of thiophene rings is 1. The molecule has 3 aromatic rings. The molecule has 0 aliphatic heterocycles. The van der Waals surface area contributed by atoms with Gasteiger partial charge in [-0.25, -0.2) is 4.79 Å². The Labute approximate surface area is 141 Å². The minimum atomic E-state index is 0.0164. The van der Waals surface area contributed by atoms with Gasteiger partial charge in [-0.1, -0.05) is 6.07 Å². The van der Waals surface area contributed by atoms with Gasteiger partial charge in [0.05, 0.1) is 14.8 Å². The lowest BCUT2D eigenvalue weighted by molar-refractivity contribution is 0.319. The molecule has 0 N–H and O–H groups in total. The highest BCUT2D eigenvalue weighted by atomic mass is 79.9. The van der Waals surface area contributed by atoms with Crippen LogP contribution in [0.15, 0.2) is 38.2 Å². The van der Waals surface area contributed by atoms with Crippen molar-refractivity contribution >= 4 is 38.3 Å². The zero-order valence-electron chi connectivity index (χ0n) is 12.8. The second-order valence-electron chi connectivity index (χ2n) is 5.62. The maximum absolute atomic E-state index is 12.0. The molecule has 22 heavy (non-hydrogen) atoms. The Balaban J connectivity index is 1.83. The van der Waals surface area contributed by atoms with Gasteiger partial charge in [0.2, 0.25) is 0 Å². The van der Waals surface area contributed by atoms with Gasteiger partial charge < -0.3 is 0 Å². The third kappa shape index (κ3) is 2.78. The summed E-state index contributed by atoms with van der Waals surface area (Å²) in [6, 6.07) is 8.38. The van der Waals surface area contributed by atoms with Gasteiger partial charge >= 0.3 is 5.69 Å². The van der Waals surface area contributed by atoms with E-state index in [0.717, 1.165) is 24.1 Å². The molecular formula is C16H18BrN3OS. The van der Waals surface area contributed by atoms with Gasteiger partial charge in [0.15, 0.2) is 0 Å². The molecule has 0 saturated heterocycles. The first-order valence-corrected chi connectivity index (χ1v) is 8.69. The van der Waals surface area contributed by atoms with Crippen LogP contribution in [0.5, 0.6) is 0 Å². The lowest BCUT2D eigenvalue weighted by Crippen LogP contribution is -2.19. The van der Waals surface area contributed by atoms with Crippen molar-refractivity contribution in [2.24, 2.45) is 14.1 Å². The zero-order chi connectivity index (χ0) is 15.9. The molecule has 0 saturated carbocycles. The minimum Gasteiger partial charge on any atom is -0.298 e. The molecule has 0 unspecified atom stereocenters. The molecule has 116 valence electrons. The predicted octanol–water partition coefficient (Wildman–Crippen LogP) is 3.33. The number of hydrogen-bond acceptors (Lipinski definition) is 3. The number of rotatable bonds is 4. The average Bonchev–Trinajstić information content (AvgIpc) is 2.97. The Bertz CT molecular complexity index is 877. The van der Waals surface area contributed by atoms with E-state index < -0.39 is 0 Å². The summed E-state index contributed by atoms with van der Waals surface area (Å²) >= 11 is 5.29. The van der Waals surface area contributed by atoms with Crippen molar-refractivity contribution in [3.8, 4) is 0 Å². The molecule has 0 spiro atoms. The number of nitrogens with zero attached hydrogens (tertiary/aromatic N) is 3. The number of aromatic nitrogens is 2. The molecule has 0 aliphatic rings. The monoisotopic (exact) mass is 379 g/mol. The molecule has 4 nitrogen and oxygen atoms in total.